The molecule has 3 amide bonds. The van der Waals surface area contributed by atoms with E-state index in [1.165, 1.54) is 6.07 Å². The van der Waals surface area contributed by atoms with Gasteiger partial charge in [0.2, 0.25) is 0 Å². The standard InChI is InChI=1S/C24H17FN4O3/c25-14-9-10-16-17(12-14)24(32)29(23(16)31)20-18(13-26)19-8-4-5-11-28(19)21(20)22(30)27-15-6-2-1-3-7-15/h1-3,6-7,9-10,12H,4-5,8,11H2,(H,27,30). The van der Waals surface area contributed by atoms with Crippen LogP contribution in [0.4, 0.5) is 15.8 Å². The number of imide groups is 1. The predicted molar refractivity (Wildman–Crippen MR) is 114 cm³/mol. The summed E-state index contributed by atoms with van der Waals surface area (Å²) in [6, 6.07) is 14.2. The first kappa shape index (κ1) is 19.7. The van der Waals surface area contributed by atoms with Crippen molar-refractivity contribution in [3.63, 3.8) is 0 Å². The van der Waals surface area contributed by atoms with E-state index in [2.05, 4.69) is 11.4 Å². The van der Waals surface area contributed by atoms with Gasteiger partial charge in [-0.3, -0.25) is 14.4 Å². The Bertz CT molecular complexity index is 1340. The monoisotopic (exact) mass is 428 g/mol. The van der Waals surface area contributed by atoms with Crippen LogP contribution in [0.25, 0.3) is 0 Å². The maximum atomic E-state index is 13.8. The molecule has 1 N–H and O–H groups in total. The molecular weight excluding hydrogens is 411 g/mol. The molecule has 158 valence electrons. The van der Waals surface area contributed by atoms with Gasteiger partial charge in [-0.15, -0.1) is 0 Å². The minimum Gasteiger partial charge on any atom is -0.337 e. The molecular formula is C24H17FN4O3. The SMILES string of the molecule is N#Cc1c(N2C(=O)c3ccc(F)cc3C2=O)c(C(=O)Nc2ccccc2)n2c1CCCC2. The summed E-state index contributed by atoms with van der Waals surface area (Å²) in [5.74, 6) is -2.61. The topological polar surface area (TPSA) is 95.2 Å². The predicted octanol–water partition coefficient (Wildman–Crippen LogP) is 3.89. The summed E-state index contributed by atoms with van der Waals surface area (Å²) in [7, 11) is 0. The first-order valence-electron chi connectivity index (χ1n) is 10.2. The summed E-state index contributed by atoms with van der Waals surface area (Å²) < 4.78 is 15.5. The van der Waals surface area contributed by atoms with E-state index in [-0.39, 0.29) is 28.1 Å². The number of fused-ring (bicyclic) bond motifs is 2. The molecule has 2 aromatic carbocycles. The van der Waals surface area contributed by atoms with Crippen molar-refractivity contribution in [2.45, 2.75) is 25.8 Å². The van der Waals surface area contributed by atoms with Gasteiger partial charge in [0.1, 0.15) is 23.3 Å². The number of halogens is 1. The molecule has 0 bridgehead atoms. The maximum Gasteiger partial charge on any atom is 0.274 e. The van der Waals surface area contributed by atoms with Crippen molar-refractivity contribution in [3.05, 3.63) is 82.4 Å². The lowest BCUT2D eigenvalue weighted by atomic mass is 10.1. The van der Waals surface area contributed by atoms with Crippen molar-refractivity contribution in [2.75, 3.05) is 10.2 Å². The normalized spacial score (nSPS) is 14.7. The second kappa shape index (κ2) is 7.46. The van der Waals surface area contributed by atoms with Crippen LogP contribution in [0.5, 0.6) is 0 Å². The number of carbonyl (C=O) groups excluding carboxylic acids is 3. The third-order valence-corrected chi connectivity index (χ3v) is 5.82. The van der Waals surface area contributed by atoms with E-state index < -0.39 is 23.5 Å². The van der Waals surface area contributed by atoms with Gasteiger partial charge in [-0.25, -0.2) is 9.29 Å². The molecule has 0 unspecified atom stereocenters. The van der Waals surface area contributed by atoms with Crippen molar-refractivity contribution in [1.29, 1.82) is 5.26 Å². The zero-order chi connectivity index (χ0) is 22.4. The van der Waals surface area contributed by atoms with Crippen LogP contribution in [0.3, 0.4) is 0 Å². The number of rotatable bonds is 3. The first-order valence-corrected chi connectivity index (χ1v) is 10.2. The van der Waals surface area contributed by atoms with Crippen LogP contribution in [0.1, 0.15) is 55.3 Å². The highest BCUT2D eigenvalue weighted by Crippen LogP contribution is 2.39. The van der Waals surface area contributed by atoms with Crippen molar-refractivity contribution in [3.8, 4) is 6.07 Å². The van der Waals surface area contributed by atoms with Gasteiger partial charge in [-0.05, 0) is 49.6 Å². The lowest BCUT2D eigenvalue weighted by Crippen LogP contribution is -2.32. The third-order valence-electron chi connectivity index (χ3n) is 5.82. The summed E-state index contributed by atoms with van der Waals surface area (Å²) in [6.45, 7) is 0.485. The average molecular weight is 428 g/mol. The summed E-state index contributed by atoms with van der Waals surface area (Å²) >= 11 is 0. The minimum atomic E-state index is -0.752. The Hall–Kier alpha value is -4.25. The highest BCUT2D eigenvalue weighted by molar-refractivity contribution is 6.36. The molecule has 2 aliphatic heterocycles. The van der Waals surface area contributed by atoms with Crippen LogP contribution in [-0.4, -0.2) is 22.3 Å². The van der Waals surface area contributed by atoms with Crippen LogP contribution >= 0.6 is 0 Å². The van der Waals surface area contributed by atoms with E-state index in [1.807, 2.05) is 6.07 Å². The largest absolute Gasteiger partial charge is 0.337 e. The molecule has 0 spiro atoms. The third kappa shape index (κ3) is 2.90. The number of nitriles is 1. The van der Waals surface area contributed by atoms with Gasteiger partial charge >= 0.3 is 0 Å². The fourth-order valence-electron chi connectivity index (χ4n) is 4.42. The number of para-hydroxylation sites is 1. The molecule has 7 nitrogen and oxygen atoms in total. The molecule has 32 heavy (non-hydrogen) atoms. The molecule has 5 rings (SSSR count). The van der Waals surface area contributed by atoms with Gasteiger partial charge in [0, 0.05) is 17.9 Å². The van der Waals surface area contributed by atoms with Crippen LogP contribution in [-0.2, 0) is 13.0 Å². The number of hydrogen-bond donors (Lipinski definition) is 1. The van der Waals surface area contributed by atoms with E-state index in [9.17, 15) is 24.0 Å². The van der Waals surface area contributed by atoms with E-state index in [0.717, 1.165) is 29.9 Å². The molecule has 0 saturated carbocycles. The van der Waals surface area contributed by atoms with Crippen molar-refractivity contribution >= 4 is 29.1 Å². The molecule has 3 heterocycles. The average Bonchev–Trinajstić information content (AvgIpc) is 3.25. The Kier molecular flexibility index (Phi) is 4.59. The fourth-order valence-corrected chi connectivity index (χ4v) is 4.42. The van der Waals surface area contributed by atoms with E-state index in [0.29, 0.717) is 24.3 Å². The quantitative estimate of drug-likeness (QED) is 0.641. The Labute approximate surface area is 182 Å². The van der Waals surface area contributed by atoms with Gasteiger partial charge in [-0.2, -0.15) is 5.26 Å². The van der Waals surface area contributed by atoms with Crippen molar-refractivity contribution < 1.29 is 18.8 Å². The van der Waals surface area contributed by atoms with E-state index in [1.54, 1.807) is 28.8 Å². The number of anilines is 2. The molecule has 0 aliphatic carbocycles. The molecule has 0 atom stereocenters. The van der Waals surface area contributed by atoms with Gasteiger partial charge in [-0.1, -0.05) is 18.2 Å². The number of carbonyl (C=O) groups is 3. The Morgan fingerprint density at radius 2 is 1.78 bits per heavy atom. The summed E-state index contributed by atoms with van der Waals surface area (Å²) in [5.41, 5.74) is 1.28. The molecule has 3 aromatic rings. The van der Waals surface area contributed by atoms with Crippen LogP contribution in [0, 0.1) is 17.1 Å². The second-order valence-corrected chi connectivity index (χ2v) is 7.70. The Balaban J connectivity index is 1.69. The molecule has 2 aliphatic rings. The lowest BCUT2D eigenvalue weighted by molar-refractivity contribution is 0.0926. The number of aromatic nitrogens is 1. The number of nitrogens with one attached hydrogen (secondary N) is 1. The highest BCUT2D eigenvalue weighted by Gasteiger charge is 2.43. The van der Waals surface area contributed by atoms with Gasteiger partial charge in [0.15, 0.2) is 0 Å². The fraction of sp³-hybridized carbons (Fsp3) is 0.167. The number of nitrogens with zero attached hydrogens (tertiary/aromatic N) is 3. The van der Waals surface area contributed by atoms with Gasteiger partial charge in [0.05, 0.1) is 16.7 Å². The van der Waals surface area contributed by atoms with Crippen LogP contribution in [0.2, 0.25) is 0 Å². The minimum absolute atomic E-state index is 0.0376. The maximum absolute atomic E-state index is 13.8. The summed E-state index contributed by atoms with van der Waals surface area (Å²) in [4.78, 5) is 40.6. The zero-order valence-corrected chi connectivity index (χ0v) is 16.9. The van der Waals surface area contributed by atoms with Gasteiger partial charge in [0.25, 0.3) is 17.7 Å². The Morgan fingerprint density at radius 1 is 1.03 bits per heavy atom. The summed E-state index contributed by atoms with van der Waals surface area (Å²) in [5, 5.41) is 12.7. The lowest BCUT2D eigenvalue weighted by Gasteiger charge is -2.19. The van der Waals surface area contributed by atoms with Crippen molar-refractivity contribution in [1.82, 2.24) is 4.57 Å². The number of benzene rings is 2. The van der Waals surface area contributed by atoms with Gasteiger partial charge < -0.3 is 9.88 Å². The number of hydrogen-bond acceptors (Lipinski definition) is 4. The second-order valence-electron chi connectivity index (χ2n) is 7.70. The molecule has 0 saturated heterocycles. The zero-order valence-electron chi connectivity index (χ0n) is 16.9. The van der Waals surface area contributed by atoms with Crippen LogP contribution in [0.15, 0.2) is 48.5 Å². The van der Waals surface area contributed by atoms with E-state index >= 15 is 0 Å². The van der Waals surface area contributed by atoms with Crippen LogP contribution < -0.4 is 10.2 Å². The smallest absolute Gasteiger partial charge is 0.274 e. The van der Waals surface area contributed by atoms with E-state index in [4.69, 9.17) is 0 Å². The summed E-state index contributed by atoms with van der Waals surface area (Å²) in [6.07, 6.45) is 2.17. The highest BCUT2D eigenvalue weighted by atomic mass is 19.1. The van der Waals surface area contributed by atoms with Crippen molar-refractivity contribution in [2.24, 2.45) is 0 Å². The molecule has 0 fully saturated rings. The first-order chi connectivity index (χ1) is 15.5. The number of amides is 3. The molecule has 0 radical (unpaired) electrons. The molecule has 8 heteroatoms. The Morgan fingerprint density at radius 3 is 2.53 bits per heavy atom. The molecule has 1 aromatic heterocycles.